The van der Waals surface area contributed by atoms with Gasteiger partial charge in [-0.25, -0.2) is 19.4 Å². The smallest absolute Gasteiger partial charge is 0.352 e. The van der Waals surface area contributed by atoms with E-state index in [1.54, 1.807) is 0 Å². The molecule has 0 bridgehead atoms. The molecule has 0 saturated carbocycles. The van der Waals surface area contributed by atoms with Gasteiger partial charge in [-0.3, -0.25) is 23.7 Å². The van der Waals surface area contributed by atoms with Crippen LogP contribution < -0.4 is 16.3 Å². The molecule has 1 aromatic rings. The van der Waals surface area contributed by atoms with Gasteiger partial charge in [0.25, 0.3) is 13.0 Å². The lowest BCUT2D eigenvalue weighted by molar-refractivity contribution is -0.145. The molecule has 18 heteroatoms. The van der Waals surface area contributed by atoms with Gasteiger partial charge in [-0.05, 0) is 38.6 Å². The number of aliphatic hydroxyl groups is 2. The first kappa shape index (κ1) is 34.9. The molecule has 0 spiro atoms. The number of carbonyl (C=O) groups excluding carboxylic acids is 2. The van der Waals surface area contributed by atoms with E-state index in [0.717, 1.165) is 29.7 Å². The average Bonchev–Trinajstić information content (AvgIpc) is 3.17. The Balaban J connectivity index is 2.40. The summed E-state index contributed by atoms with van der Waals surface area (Å²) in [5, 5.41) is 27.7. The number of rotatable bonds is 16. The Kier molecular flexibility index (Phi) is 13.1. The van der Waals surface area contributed by atoms with Crippen molar-refractivity contribution in [2.24, 2.45) is 9.88 Å². The molecule has 1 aliphatic heterocycles. The first-order valence-electron chi connectivity index (χ1n) is 13.5. The third-order valence-corrected chi connectivity index (χ3v) is 8.59. The van der Waals surface area contributed by atoms with E-state index in [1.165, 1.54) is 13.8 Å². The predicted octanol–water partition coefficient (Wildman–Crippen LogP) is 1.50. The number of aliphatic hydroxyl groups excluding tert-OH is 2. The molecular weight excluding hydrogens is 577 g/mol. The number of aromatic nitrogens is 2. The maximum absolute atomic E-state index is 14.1. The highest BCUT2D eigenvalue weighted by Crippen LogP contribution is 2.49. The number of aromatic amines is 1. The molecule has 1 saturated heterocycles. The highest BCUT2D eigenvalue weighted by atomic mass is 31.2. The maximum Gasteiger partial charge on any atom is 0.352 e. The molecule has 42 heavy (non-hydrogen) atoms. The van der Waals surface area contributed by atoms with Gasteiger partial charge >= 0.3 is 17.6 Å². The fraction of sp³-hybridized carbons (Fsp3) is 0.708. The van der Waals surface area contributed by atoms with Crippen molar-refractivity contribution in [3.05, 3.63) is 43.5 Å². The van der Waals surface area contributed by atoms with Gasteiger partial charge < -0.3 is 24.4 Å². The Morgan fingerprint density at radius 3 is 2.50 bits per heavy atom. The summed E-state index contributed by atoms with van der Waals surface area (Å²) in [7, 11) is -4.13. The van der Waals surface area contributed by atoms with Crippen molar-refractivity contribution in [3.8, 4) is 0 Å². The van der Waals surface area contributed by atoms with Crippen LogP contribution in [0, 0.1) is 0 Å². The lowest BCUT2D eigenvalue weighted by Gasteiger charge is -2.29. The molecular formula is C24H38N7O10P. The fourth-order valence-corrected chi connectivity index (χ4v) is 6.17. The minimum Gasteiger partial charge on any atom is -0.465 e. The Labute approximate surface area is 241 Å². The van der Waals surface area contributed by atoms with E-state index in [4.69, 9.17) is 14.2 Å². The van der Waals surface area contributed by atoms with E-state index >= 15 is 0 Å². The summed E-state index contributed by atoms with van der Waals surface area (Å²) in [4.78, 5) is 53.4. The number of carbonyl (C=O) groups is 2. The number of H-pyrrole nitrogens is 1. The minimum atomic E-state index is -4.13. The van der Waals surface area contributed by atoms with Crippen LogP contribution in [0.1, 0.15) is 66.0 Å². The maximum atomic E-state index is 14.1. The zero-order chi connectivity index (χ0) is 31.5. The van der Waals surface area contributed by atoms with Gasteiger partial charge in [0.15, 0.2) is 12.0 Å². The topological polar surface area (TPSA) is 247 Å². The largest absolute Gasteiger partial charge is 0.465 e. The van der Waals surface area contributed by atoms with Gasteiger partial charge in [-0.1, -0.05) is 31.8 Å². The van der Waals surface area contributed by atoms with Crippen molar-refractivity contribution in [1.82, 2.24) is 14.6 Å². The zero-order valence-electron chi connectivity index (χ0n) is 24.0. The van der Waals surface area contributed by atoms with E-state index in [1.807, 2.05) is 18.8 Å². The Morgan fingerprint density at radius 1 is 1.26 bits per heavy atom. The van der Waals surface area contributed by atoms with Gasteiger partial charge in [0.2, 0.25) is 0 Å². The predicted molar refractivity (Wildman–Crippen MR) is 150 cm³/mol. The van der Waals surface area contributed by atoms with Crippen molar-refractivity contribution < 1.29 is 38.6 Å². The van der Waals surface area contributed by atoms with Crippen LogP contribution in [0.15, 0.2) is 31.7 Å². The van der Waals surface area contributed by atoms with Crippen LogP contribution in [0.25, 0.3) is 10.4 Å². The molecule has 234 valence electrons. The molecule has 1 unspecified atom stereocenters. The van der Waals surface area contributed by atoms with Crippen LogP contribution in [-0.4, -0.2) is 80.8 Å². The summed E-state index contributed by atoms with van der Waals surface area (Å²) in [5.41, 5.74) is 5.03. The summed E-state index contributed by atoms with van der Waals surface area (Å²) in [6, 6.07) is -0.170. The monoisotopic (exact) mass is 615 g/mol. The van der Waals surface area contributed by atoms with E-state index in [2.05, 4.69) is 19.9 Å². The highest BCUT2D eigenvalue weighted by Gasteiger charge is 2.55. The number of nitrogens with zero attached hydrogens (tertiary/aromatic N) is 5. The number of unbranched alkanes of at least 4 members (excludes halogenated alkanes) is 2. The molecule has 0 aromatic carbocycles. The van der Waals surface area contributed by atoms with Crippen LogP contribution in [0.2, 0.25) is 0 Å². The molecule has 4 N–H and O–H groups in total. The van der Waals surface area contributed by atoms with Gasteiger partial charge in [-0.2, -0.15) is 0 Å². The molecule has 2 rings (SSSR count). The Hall–Kier alpha value is -3.33. The first-order chi connectivity index (χ1) is 19.8. The van der Waals surface area contributed by atoms with Crippen molar-refractivity contribution in [1.29, 1.82) is 0 Å². The van der Waals surface area contributed by atoms with E-state index in [-0.39, 0.29) is 18.9 Å². The highest BCUT2D eigenvalue weighted by molar-refractivity contribution is 7.60. The van der Waals surface area contributed by atoms with E-state index in [9.17, 15) is 39.5 Å². The molecule has 1 fully saturated rings. The van der Waals surface area contributed by atoms with Crippen molar-refractivity contribution in [2.45, 2.75) is 90.0 Å². The number of hydrogen-bond donors (Lipinski definition) is 4. The Morgan fingerprint density at radius 2 is 1.90 bits per heavy atom. The molecule has 0 aliphatic carbocycles. The van der Waals surface area contributed by atoms with Gasteiger partial charge in [-0.15, -0.1) is 0 Å². The first-order valence-corrected chi connectivity index (χ1v) is 15.4. The Bertz CT molecular complexity index is 1340. The summed E-state index contributed by atoms with van der Waals surface area (Å²) in [5.74, 6) is -1.56. The van der Waals surface area contributed by atoms with Gasteiger partial charge in [0.05, 0.1) is 13.2 Å². The number of azide groups is 1. The second kappa shape index (κ2) is 15.8. The standard InChI is InChI=1S/C24H38N7O10P/c1-5-7-12-39-21(35)15(3)27-42(38,28-16(4)22(36)40-13-8-6-2)14-10-24(29-30-25)19(34)18(33)20(41-24)31-11-9-17(32)26-23(31)37/h9,11,15,18-20,33-34H,5-8,10,12-14H2,1-4H3,(H,27,38)(H,26,32,37)/t15-,18+,19-,20+,24+,42?/m0/s1. The van der Waals surface area contributed by atoms with Crippen LogP contribution in [0.4, 0.5) is 0 Å². The van der Waals surface area contributed by atoms with Gasteiger partial charge in [0, 0.05) is 23.3 Å². The van der Waals surface area contributed by atoms with Crippen molar-refractivity contribution in [3.63, 3.8) is 0 Å². The fourth-order valence-electron chi connectivity index (χ4n) is 3.98. The molecule has 0 radical (unpaired) electrons. The van der Waals surface area contributed by atoms with E-state index in [0.29, 0.717) is 12.8 Å². The molecule has 1 aromatic heterocycles. The molecule has 6 atom stereocenters. The molecule has 0 amide bonds. The molecule has 2 heterocycles. The lowest BCUT2D eigenvalue weighted by Crippen LogP contribution is -2.42. The third kappa shape index (κ3) is 9.08. The SMILES string of the molecule is CCCCOC(=O)C(C)=NP(=O)(CC[C@@]1(N=[N+]=[N-])O[C@@H](n2ccc(=O)[nH]c2=O)[C@H](O)[C@@H]1O)N[C@@H](C)C(=O)OCCCC. The third-order valence-electron chi connectivity index (χ3n) is 6.34. The van der Waals surface area contributed by atoms with E-state index < -0.39 is 73.4 Å². The van der Waals surface area contributed by atoms with Crippen LogP contribution in [-0.2, 0) is 28.4 Å². The number of ether oxygens (including phenoxy) is 3. The van der Waals surface area contributed by atoms with Crippen molar-refractivity contribution in [2.75, 3.05) is 19.4 Å². The van der Waals surface area contributed by atoms with Crippen LogP contribution in [0.3, 0.4) is 0 Å². The number of esters is 2. The molecule has 1 aliphatic rings. The average molecular weight is 616 g/mol. The normalized spacial score (nSPS) is 24.3. The minimum absolute atomic E-state index is 0.115. The van der Waals surface area contributed by atoms with Gasteiger partial charge in [0.1, 0.15) is 24.0 Å². The lowest BCUT2D eigenvalue weighted by atomic mass is 10.0. The van der Waals surface area contributed by atoms with Crippen molar-refractivity contribution >= 4 is 25.1 Å². The molecule has 17 nitrogen and oxygen atoms in total. The quantitative estimate of drug-likeness (QED) is 0.0394. The summed E-state index contributed by atoms with van der Waals surface area (Å²) in [6.45, 7) is 6.73. The zero-order valence-corrected chi connectivity index (χ0v) is 24.9. The second-order valence-corrected chi connectivity index (χ2v) is 12.0. The summed E-state index contributed by atoms with van der Waals surface area (Å²) in [6.07, 6.45) is -2.67. The summed E-state index contributed by atoms with van der Waals surface area (Å²) < 4.78 is 34.9. The van der Waals surface area contributed by atoms with Crippen LogP contribution >= 0.6 is 7.44 Å². The number of hydrogen-bond acceptors (Lipinski definition) is 11. The van der Waals surface area contributed by atoms with Crippen LogP contribution in [0.5, 0.6) is 0 Å². The number of nitrogens with one attached hydrogen (secondary N) is 2. The second-order valence-electron chi connectivity index (χ2n) is 9.72. The summed E-state index contributed by atoms with van der Waals surface area (Å²) >= 11 is 0.